The molecular formula is C28H26N4O5. The Balaban J connectivity index is 1.25. The molecule has 188 valence electrons. The second kappa shape index (κ2) is 11.7. The summed E-state index contributed by atoms with van der Waals surface area (Å²) >= 11 is 0. The van der Waals surface area contributed by atoms with Gasteiger partial charge in [0.1, 0.15) is 5.75 Å². The number of esters is 1. The van der Waals surface area contributed by atoms with E-state index >= 15 is 0 Å². The normalized spacial score (nSPS) is 10.4. The van der Waals surface area contributed by atoms with Crippen LogP contribution in [0.2, 0.25) is 0 Å². The van der Waals surface area contributed by atoms with Gasteiger partial charge in [0.05, 0.1) is 17.9 Å². The van der Waals surface area contributed by atoms with E-state index < -0.39 is 18.5 Å². The van der Waals surface area contributed by atoms with Gasteiger partial charge in [0, 0.05) is 28.8 Å². The van der Waals surface area contributed by atoms with Gasteiger partial charge in [-0.2, -0.15) is 5.10 Å². The monoisotopic (exact) mass is 498 g/mol. The van der Waals surface area contributed by atoms with E-state index in [1.165, 1.54) is 0 Å². The maximum Gasteiger partial charge on any atom is 0.338 e. The summed E-state index contributed by atoms with van der Waals surface area (Å²) in [5.74, 6) is -0.668. The lowest BCUT2D eigenvalue weighted by molar-refractivity contribution is -0.119. The molecule has 1 aromatic heterocycles. The molecule has 1 heterocycles. The van der Waals surface area contributed by atoms with E-state index in [0.29, 0.717) is 29.1 Å². The second-order valence-corrected chi connectivity index (χ2v) is 8.04. The number of hydrogen-bond acceptors (Lipinski definition) is 6. The van der Waals surface area contributed by atoms with Gasteiger partial charge in [0.2, 0.25) is 0 Å². The van der Waals surface area contributed by atoms with Gasteiger partial charge in [-0.05, 0) is 92.7 Å². The van der Waals surface area contributed by atoms with Crippen molar-refractivity contribution in [3.8, 4) is 11.4 Å². The largest absolute Gasteiger partial charge is 0.494 e. The van der Waals surface area contributed by atoms with E-state index in [9.17, 15) is 14.4 Å². The Morgan fingerprint density at radius 1 is 0.811 bits per heavy atom. The minimum absolute atomic E-state index is 0.287. The molecule has 0 spiro atoms. The minimum Gasteiger partial charge on any atom is -0.494 e. The van der Waals surface area contributed by atoms with Gasteiger partial charge < -0.3 is 20.1 Å². The molecule has 4 aromatic rings. The Hall–Kier alpha value is -4.92. The average molecular weight is 499 g/mol. The van der Waals surface area contributed by atoms with Crippen molar-refractivity contribution in [2.75, 3.05) is 23.8 Å². The number of carbonyl (C=O) groups is 3. The zero-order valence-corrected chi connectivity index (χ0v) is 20.4. The number of amides is 2. The predicted octanol–water partition coefficient (Wildman–Crippen LogP) is 4.63. The molecule has 4 rings (SSSR count). The Labute approximate surface area is 214 Å². The first-order chi connectivity index (χ1) is 17.9. The van der Waals surface area contributed by atoms with Crippen molar-refractivity contribution in [2.24, 2.45) is 0 Å². The van der Waals surface area contributed by atoms with Crippen LogP contribution < -0.4 is 15.4 Å². The SMILES string of the molecule is CCOc1ccc(NC(=O)c2ccc(NC(=O)COC(=O)c3ccc(-n4nccc4C)cc3)cc2)cc1. The van der Waals surface area contributed by atoms with Crippen molar-refractivity contribution in [2.45, 2.75) is 13.8 Å². The van der Waals surface area contributed by atoms with Crippen LogP contribution >= 0.6 is 0 Å². The number of aryl methyl sites for hydroxylation is 1. The number of benzene rings is 3. The summed E-state index contributed by atoms with van der Waals surface area (Å²) in [6, 6.07) is 22.1. The lowest BCUT2D eigenvalue weighted by atomic mass is 10.2. The molecule has 9 nitrogen and oxygen atoms in total. The van der Waals surface area contributed by atoms with E-state index in [1.54, 1.807) is 83.7 Å². The van der Waals surface area contributed by atoms with Crippen LogP contribution in [0.15, 0.2) is 85.1 Å². The van der Waals surface area contributed by atoms with Crippen molar-refractivity contribution in [1.82, 2.24) is 9.78 Å². The highest BCUT2D eigenvalue weighted by molar-refractivity contribution is 6.04. The molecule has 2 N–H and O–H groups in total. The van der Waals surface area contributed by atoms with Gasteiger partial charge in [-0.25, -0.2) is 9.48 Å². The topological polar surface area (TPSA) is 112 Å². The quantitative estimate of drug-likeness (QED) is 0.326. The molecule has 0 saturated carbocycles. The van der Waals surface area contributed by atoms with E-state index in [-0.39, 0.29) is 5.91 Å². The fourth-order valence-corrected chi connectivity index (χ4v) is 3.50. The lowest BCUT2D eigenvalue weighted by Gasteiger charge is -2.09. The number of nitrogens with zero attached hydrogens (tertiary/aromatic N) is 2. The standard InChI is InChI=1S/C28H26N4O5/c1-3-36-25-14-10-23(11-15-25)31-27(34)20-4-8-22(9-5-20)30-26(33)18-37-28(35)21-6-12-24(13-7-21)32-19(2)16-17-29-32/h4-17H,3,18H2,1-2H3,(H,30,33)(H,31,34). The zero-order chi connectivity index (χ0) is 26.2. The van der Waals surface area contributed by atoms with Gasteiger partial charge in [-0.3, -0.25) is 9.59 Å². The molecule has 3 aromatic carbocycles. The van der Waals surface area contributed by atoms with Gasteiger partial charge in [0.25, 0.3) is 11.8 Å². The van der Waals surface area contributed by atoms with Crippen LogP contribution in [0.1, 0.15) is 33.3 Å². The Morgan fingerprint density at radius 2 is 1.43 bits per heavy atom. The number of ether oxygens (including phenoxy) is 2. The Bertz CT molecular complexity index is 1380. The number of anilines is 2. The third-order valence-electron chi connectivity index (χ3n) is 5.37. The summed E-state index contributed by atoms with van der Waals surface area (Å²) in [6.07, 6.45) is 1.70. The highest BCUT2D eigenvalue weighted by atomic mass is 16.5. The highest BCUT2D eigenvalue weighted by Gasteiger charge is 2.12. The number of carbonyl (C=O) groups excluding carboxylic acids is 3. The molecule has 0 aliphatic heterocycles. The Kier molecular flexibility index (Phi) is 7.95. The molecule has 0 aliphatic carbocycles. The lowest BCUT2D eigenvalue weighted by Crippen LogP contribution is -2.21. The third kappa shape index (κ3) is 6.61. The summed E-state index contributed by atoms with van der Waals surface area (Å²) in [7, 11) is 0. The minimum atomic E-state index is -0.611. The van der Waals surface area contributed by atoms with Gasteiger partial charge >= 0.3 is 5.97 Å². The van der Waals surface area contributed by atoms with Crippen LogP contribution in [-0.2, 0) is 9.53 Å². The maximum absolute atomic E-state index is 12.5. The Morgan fingerprint density at radius 3 is 2.05 bits per heavy atom. The predicted molar refractivity (Wildman–Crippen MR) is 139 cm³/mol. The van der Waals surface area contributed by atoms with Gasteiger partial charge in [0.15, 0.2) is 6.61 Å². The molecule has 0 bridgehead atoms. The van der Waals surface area contributed by atoms with Crippen molar-refractivity contribution in [1.29, 1.82) is 0 Å². The molecule has 2 amide bonds. The molecule has 0 radical (unpaired) electrons. The molecule has 0 atom stereocenters. The van der Waals surface area contributed by atoms with Crippen LogP contribution in [-0.4, -0.2) is 40.8 Å². The van der Waals surface area contributed by atoms with Gasteiger partial charge in [-0.1, -0.05) is 0 Å². The summed E-state index contributed by atoms with van der Waals surface area (Å²) in [5.41, 5.74) is 3.63. The maximum atomic E-state index is 12.5. The van der Waals surface area contributed by atoms with Crippen LogP contribution in [0.25, 0.3) is 5.69 Å². The van der Waals surface area contributed by atoms with Crippen LogP contribution in [0, 0.1) is 6.92 Å². The van der Waals surface area contributed by atoms with Crippen molar-refractivity contribution in [3.05, 3.63) is 102 Å². The second-order valence-electron chi connectivity index (χ2n) is 8.04. The summed E-state index contributed by atoms with van der Waals surface area (Å²) in [4.78, 5) is 37.0. The summed E-state index contributed by atoms with van der Waals surface area (Å²) in [5, 5.41) is 9.67. The smallest absolute Gasteiger partial charge is 0.338 e. The molecule has 37 heavy (non-hydrogen) atoms. The molecule has 0 unspecified atom stereocenters. The summed E-state index contributed by atoms with van der Waals surface area (Å²) in [6.45, 7) is 3.95. The van der Waals surface area contributed by atoms with Crippen molar-refractivity contribution >= 4 is 29.2 Å². The zero-order valence-electron chi connectivity index (χ0n) is 20.4. The van der Waals surface area contributed by atoms with E-state index in [2.05, 4.69) is 15.7 Å². The first-order valence-electron chi connectivity index (χ1n) is 11.7. The molecule has 9 heteroatoms. The number of aromatic nitrogens is 2. The van der Waals surface area contributed by atoms with Gasteiger partial charge in [-0.15, -0.1) is 0 Å². The first-order valence-corrected chi connectivity index (χ1v) is 11.7. The van der Waals surface area contributed by atoms with Crippen LogP contribution in [0.3, 0.4) is 0 Å². The van der Waals surface area contributed by atoms with Crippen LogP contribution in [0.4, 0.5) is 11.4 Å². The van der Waals surface area contributed by atoms with Crippen molar-refractivity contribution in [3.63, 3.8) is 0 Å². The molecule has 0 aliphatic rings. The fraction of sp³-hybridized carbons (Fsp3) is 0.143. The van der Waals surface area contributed by atoms with E-state index in [0.717, 1.165) is 17.1 Å². The highest BCUT2D eigenvalue weighted by Crippen LogP contribution is 2.17. The average Bonchev–Trinajstić information content (AvgIpc) is 3.35. The molecular weight excluding hydrogens is 472 g/mol. The van der Waals surface area contributed by atoms with Crippen molar-refractivity contribution < 1.29 is 23.9 Å². The van der Waals surface area contributed by atoms with E-state index in [4.69, 9.17) is 9.47 Å². The number of hydrogen-bond donors (Lipinski definition) is 2. The summed E-state index contributed by atoms with van der Waals surface area (Å²) < 4.78 is 12.3. The molecule has 0 saturated heterocycles. The first kappa shape index (κ1) is 25.2. The fourth-order valence-electron chi connectivity index (χ4n) is 3.50. The van der Waals surface area contributed by atoms with Crippen LogP contribution in [0.5, 0.6) is 5.75 Å². The van der Waals surface area contributed by atoms with E-state index in [1.807, 2.05) is 19.9 Å². The molecule has 0 fully saturated rings. The third-order valence-corrected chi connectivity index (χ3v) is 5.37. The number of nitrogens with one attached hydrogen (secondary N) is 2. The number of rotatable bonds is 9.